The molecule has 2 aromatic carbocycles. The zero-order valence-corrected chi connectivity index (χ0v) is 17.4. The predicted octanol–water partition coefficient (Wildman–Crippen LogP) is 2.29. The Kier molecular flexibility index (Phi) is 5.41. The molecule has 30 heavy (non-hydrogen) atoms. The molecule has 1 aliphatic heterocycles. The van der Waals surface area contributed by atoms with Crippen molar-refractivity contribution in [3.63, 3.8) is 0 Å². The van der Waals surface area contributed by atoms with Gasteiger partial charge in [-0.1, -0.05) is 6.07 Å². The van der Waals surface area contributed by atoms with Crippen LogP contribution in [-0.4, -0.2) is 51.6 Å². The highest BCUT2D eigenvalue weighted by atomic mass is 32.2. The topological polar surface area (TPSA) is 74.8 Å². The minimum Gasteiger partial charge on any atom is -0.207 e. The third-order valence-electron chi connectivity index (χ3n) is 5.52. The van der Waals surface area contributed by atoms with Gasteiger partial charge in [-0.2, -0.15) is 8.61 Å². The Morgan fingerprint density at radius 2 is 1.30 bits per heavy atom. The van der Waals surface area contributed by atoms with Gasteiger partial charge in [0.15, 0.2) is 17.5 Å². The van der Waals surface area contributed by atoms with Gasteiger partial charge in [-0.3, -0.25) is 0 Å². The fourth-order valence-corrected chi connectivity index (χ4v) is 6.81. The second-order valence-electron chi connectivity index (χ2n) is 7.27. The highest BCUT2D eigenvalue weighted by Gasteiger charge is 2.36. The zero-order valence-electron chi connectivity index (χ0n) is 15.8. The lowest BCUT2D eigenvalue weighted by atomic mass is 10.1. The van der Waals surface area contributed by atoms with Crippen molar-refractivity contribution in [2.24, 2.45) is 0 Å². The zero-order chi connectivity index (χ0) is 21.7. The number of benzene rings is 2. The van der Waals surface area contributed by atoms with E-state index in [1.165, 1.54) is 4.31 Å². The minimum absolute atomic E-state index is 0.135. The lowest BCUT2D eigenvalue weighted by Crippen LogP contribution is -2.50. The van der Waals surface area contributed by atoms with E-state index in [0.29, 0.717) is 12.1 Å². The molecule has 0 radical (unpaired) electrons. The van der Waals surface area contributed by atoms with E-state index >= 15 is 0 Å². The molecular weight excluding hydrogens is 441 g/mol. The molecule has 2 aliphatic rings. The van der Waals surface area contributed by atoms with Crippen molar-refractivity contribution in [1.82, 2.24) is 8.61 Å². The molecule has 0 amide bonds. The van der Waals surface area contributed by atoms with Gasteiger partial charge in [0.25, 0.3) is 0 Å². The van der Waals surface area contributed by atoms with E-state index in [9.17, 15) is 30.0 Å². The van der Waals surface area contributed by atoms with Crippen molar-refractivity contribution in [1.29, 1.82) is 0 Å². The SMILES string of the molecule is O=S(=O)(c1ccc2c(c1)CCC2)N1CCN(S(=O)(=O)c2ccc(F)c(F)c2F)CC1. The maximum atomic E-state index is 14.0. The molecule has 162 valence electrons. The van der Waals surface area contributed by atoms with Gasteiger partial charge in [0.1, 0.15) is 4.90 Å². The fraction of sp³-hybridized carbons (Fsp3) is 0.368. The molecule has 1 aliphatic carbocycles. The number of sulfonamides is 2. The molecule has 1 saturated heterocycles. The molecular formula is C19H19F3N2O4S2. The smallest absolute Gasteiger partial charge is 0.207 e. The first kappa shape index (κ1) is 21.3. The Hall–Kier alpha value is -1.95. The predicted molar refractivity (Wildman–Crippen MR) is 102 cm³/mol. The maximum Gasteiger partial charge on any atom is 0.246 e. The summed E-state index contributed by atoms with van der Waals surface area (Å²) in [5.41, 5.74) is 2.14. The van der Waals surface area contributed by atoms with Crippen molar-refractivity contribution in [3.05, 3.63) is 58.9 Å². The van der Waals surface area contributed by atoms with E-state index in [2.05, 4.69) is 0 Å². The Balaban J connectivity index is 1.53. The lowest BCUT2D eigenvalue weighted by molar-refractivity contribution is 0.271. The van der Waals surface area contributed by atoms with Crippen molar-refractivity contribution in [3.8, 4) is 0 Å². The van der Waals surface area contributed by atoms with Crippen LogP contribution in [0.1, 0.15) is 17.5 Å². The van der Waals surface area contributed by atoms with Gasteiger partial charge >= 0.3 is 0 Å². The van der Waals surface area contributed by atoms with E-state index in [-0.39, 0.29) is 31.1 Å². The third kappa shape index (κ3) is 3.53. The van der Waals surface area contributed by atoms with Crippen molar-refractivity contribution in [2.75, 3.05) is 26.2 Å². The van der Waals surface area contributed by atoms with E-state index in [1.807, 2.05) is 6.07 Å². The summed E-state index contributed by atoms with van der Waals surface area (Å²) in [6.07, 6.45) is 2.73. The summed E-state index contributed by atoms with van der Waals surface area (Å²) in [4.78, 5) is -0.817. The first-order valence-electron chi connectivity index (χ1n) is 9.38. The van der Waals surface area contributed by atoms with Gasteiger partial charge in [-0.25, -0.2) is 30.0 Å². The molecule has 11 heteroatoms. The second kappa shape index (κ2) is 7.63. The fourth-order valence-electron chi connectivity index (χ4n) is 3.85. The Morgan fingerprint density at radius 3 is 1.97 bits per heavy atom. The number of hydrogen-bond acceptors (Lipinski definition) is 4. The van der Waals surface area contributed by atoms with Crippen LogP contribution in [0, 0.1) is 17.5 Å². The number of hydrogen-bond donors (Lipinski definition) is 0. The number of nitrogens with zero attached hydrogens (tertiary/aromatic N) is 2. The Morgan fingerprint density at radius 1 is 0.700 bits per heavy atom. The van der Waals surface area contributed by atoms with Crippen LogP contribution in [0.5, 0.6) is 0 Å². The summed E-state index contributed by atoms with van der Waals surface area (Å²) in [6, 6.07) is 6.23. The number of halogens is 3. The molecule has 2 aromatic rings. The quantitative estimate of drug-likeness (QED) is 0.657. The molecule has 0 bridgehead atoms. The van der Waals surface area contributed by atoms with E-state index in [4.69, 9.17) is 0 Å². The van der Waals surface area contributed by atoms with Gasteiger partial charge in [0.05, 0.1) is 4.90 Å². The monoisotopic (exact) mass is 460 g/mol. The van der Waals surface area contributed by atoms with Crippen LogP contribution in [0.3, 0.4) is 0 Å². The third-order valence-corrected chi connectivity index (χ3v) is 9.33. The van der Waals surface area contributed by atoms with Crippen LogP contribution in [-0.2, 0) is 32.9 Å². The minimum atomic E-state index is -4.44. The van der Waals surface area contributed by atoms with E-state index in [0.717, 1.165) is 34.7 Å². The molecule has 0 N–H and O–H groups in total. The molecule has 0 aromatic heterocycles. The largest absolute Gasteiger partial charge is 0.246 e. The van der Waals surface area contributed by atoms with Crippen LogP contribution in [0.25, 0.3) is 0 Å². The maximum absolute atomic E-state index is 14.0. The normalized spacial score (nSPS) is 18.5. The molecule has 0 saturated carbocycles. The molecule has 4 rings (SSSR count). The summed E-state index contributed by atoms with van der Waals surface area (Å²) in [7, 11) is -8.25. The number of fused-ring (bicyclic) bond motifs is 1. The number of piperazine rings is 1. The van der Waals surface area contributed by atoms with Gasteiger partial charge < -0.3 is 0 Å². The Labute approximate surface area is 173 Å². The molecule has 0 atom stereocenters. The van der Waals surface area contributed by atoms with Crippen LogP contribution in [0.15, 0.2) is 40.1 Å². The van der Waals surface area contributed by atoms with E-state index < -0.39 is 42.4 Å². The molecule has 6 nitrogen and oxygen atoms in total. The van der Waals surface area contributed by atoms with Crippen LogP contribution in [0.2, 0.25) is 0 Å². The lowest BCUT2D eigenvalue weighted by Gasteiger charge is -2.33. The van der Waals surface area contributed by atoms with E-state index in [1.54, 1.807) is 12.1 Å². The van der Waals surface area contributed by atoms with Gasteiger partial charge in [-0.05, 0) is 54.7 Å². The van der Waals surface area contributed by atoms with Crippen LogP contribution in [0.4, 0.5) is 13.2 Å². The standard InChI is InChI=1S/C19H19F3N2O4S2/c20-16-6-7-17(19(22)18(16)21)30(27,28)24-10-8-23(9-11-24)29(25,26)15-5-4-13-2-1-3-14(13)12-15/h4-7,12H,1-3,8-11H2. The summed E-state index contributed by atoms with van der Waals surface area (Å²) >= 11 is 0. The molecule has 1 heterocycles. The average Bonchev–Trinajstić information content (AvgIpc) is 3.20. The molecule has 0 spiro atoms. The van der Waals surface area contributed by atoms with Crippen LogP contribution < -0.4 is 0 Å². The average molecular weight is 460 g/mol. The number of rotatable bonds is 4. The summed E-state index contributed by atoms with van der Waals surface area (Å²) in [6.45, 7) is -0.732. The first-order valence-corrected chi connectivity index (χ1v) is 12.3. The number of aryl methyl sites for hydroxylation is 2. The first-order chi connectivity index (χ1) is 14.1. The summed E-state index contributed by atoms with van der Waals surface area (Å²) in [5.74, 6) is -5.14. The second-order valence-corrected chi connectivity index (χ2v) is 11.1. The van der Waals surface area contributed by atoms with Crippen molar-refractivity contribution in [2.45, 2.75) is 29.1 Å². The highest BCUT2D eigenvalue weighted by Crippen LogP contribution is 2.28. The van der Waals surface area contributed by atoms with Gasteiger partial charge in [0, 0.05) is 26.2 Å². The molecule has 0 unspecified atom stereocenters. The van der Waals surface area contributed by atoms with Gasteiger partial charge in [-0.15, -0.1) is 0 Å². The summed E-state index contributed by atoms with van der Waals surface area (Å²) in [5, 5.41) is 0. The molecule has 1 fully saturated rings. The van der Waals surface area contributed by atoms with Gasteiger partial charge in [0.2, 0.25) is 20.0 Å². The Bertz CT molecular complexity index is 1210. The summed E-state index contributed by atoms with van der Waals surface area (Å²) < 4.78 is 93.8. The van der Waals surface area contributed by atoms with Crippen molar-refractivity contribution < 1.29 is 30.0 Å². The van der Waals surface area contributed by atoms with Crippen LogP contribution >= 0.6 is 0 Å². The van der Waals surface area contributed by atoms with Crippen molar-refractivity contribution >= 4 is 20.0 Å². The highest BCUT2D eigenvalue weighted by molar-refractivity contribution is 7.89.